The Labute approximate surface area is 184 Å². The molecule has 0 bridgehead atoms. The smallest absolute Gasteiger partial charge is 0.320 e. The highest BCUT2D eigenvalue weighted by Crippen LogP contribution is 2.31. The fraction of sp³-hybridized carbons (Fsp3) is 0.667. The van der Waals surface area contributed by atoms with Crippen LogP contribution in [0.5, 0.6) is 11.5 Å². The molecule has 1 heterocycles. The molecule has 0 aliphatic carbocycles. The van der Waals surface area contributed by atoms with Crippen molar-refractivity contribution in [3.05, 3.63) is 23.3 Å². The molecule has 1 unspecified atom stereocenters. The van der Waals surface area contributed by atoms with Gasteiger partial charge in [-0.25, -0.2) is 0 Å². The van der Waals surface area contributed by atoms with Gasteiger partial charge in [-0.05, 0) is 50.6 Å². The van der Waals surface area contributed by atoms with Gasteiger partial charge in [-0.15, -0.1) is 0 Å². The number of hydrogen-bond acceptors (Lipinski definition) is 5. The van der Waals surface area contributed by atoms with Crippen LogP contribution in [0.3, 0.4) is 0 Å². The summed E-state index contributed by atoms with van der Waals surface area (Å²) in [6, 6.07) is 3.52. The fourth-order valence-electron chi connectivity index (χ4n) is 2.83. The number of benzene rings is 1. The molecular weight excluding hydrogens is 382 g/mol. The van der Waals surface area contributed by atoms with Crippen LogP contribution in [-0.4, -0.2) is 56.1 Å². The van der Waals surface area contributed by atoms with Crippen molar-refractivity contribution < 1.29 is 24.2 Å². The van der Waals surface area contributed by atoms with Gasteiger partial charge in [0.05, 0.1) is 14.2 Å². The van der Waals surface area contributed by atoms with Crippen LogP contribution >= 0.6 is 0 Å². The molecular formula is C24H45NO5. The Kier molecular flexibility index (Phi) is 23.5. The molecule has 1 fully saturated rings. The SMILES string of the molecule is CC.CC.CC.CN1CCCCC1C(=O)O.COc1cc(CC=O)cc(C)c1OC. The highest BCUT2D eigenvalue weighted by atomic mass is 16.5. The average Bonchev–Trinajstić information content (AvgIpc) is 2.78. The molecule has 0 spiro atoms. The number of likely N-dealkylation sites (N-methyl/N-ethyl adjacent to an activating group) is 1. The molecule has 30 heavy (non-hydrogen) atoms. The third-order valence-corrected chi connectivity index (χ3v) is 4.10. The first kappa shape index (κ1) is 32.6. The molecule has 1 aromatic rings. The molecule has 6 nitrogen and oxygen atoms in total. The Bertz CT molecular complexity index is 561. The van der Waals surface area contributed by atoms with E-state index in [4.69, 9.17) is 14.6 Å². The van der Waals surface area contributed by atoms with Crippen LogP contribution in [0.25, 0.3) is 0 Å². The van der Waals surface area contributed by atoms with Gasteiger partial charge in [-0.1, -0.05) is 54.0 Å². The van der Waals surface area contributed by atoms with Crippen molar-refractivity contribution >= 4 is 12.3 Å². The first-order valence-electron chi connectivity index (χ1n) is 11.0. The normalized spacial score (nSPS) is 14.5. The quantitative estimate of drug-likeness (QED) is 0.635. The maximum absolute atomic E-state index is 10.5. The highest BCUT2D eigenvalue weighted by Gasteiger charge is 2.24. The van der Waals surface area contributed by atoms with E-state index < -0.39 is 5.97 Å². The number of likely N-dealkylation sites (tertiary alicyclic amines) is 1. The lowest BCUT2D eigenvalue weighted by atomic mass is 10.0. The topological polar surface area (TPSA) is 76.1 Å². The predicted molar refractivity (Wildman–Crippen MR) is 126 cm³/mol. The number of hydrogen-bond donors (Lipinski definition) is 1. The standard InChI is InChI=1S/C11H14O3.C7H13NO2.3C2H6/c1-8-6-9(4-5-12)7-10(13-2)11(8)14-3;1-8-5-3-2-4-6(8)7(9)10;3*1-2/h5-7H,4H2,1-3H3;6H,2-5H2,1H3,(H,9,10);3*1-2H3. The predicted octanol–water partition coefficient (Wildman–Crippen LogP) is 5.39. The summed E-state index contributed by atoms with van der Waals surface area (Å²) in [6.45, 7) is 14.9. The van der Waals surface area contributed by atoms with Crippen LogP contribution in [-0.2, 0) is 16.0 Å². The van der Waals surface area contributed by atoms with Crippen molar-refractivity contribution in [3.63, 3.8) is 0 Å². The average molecular weight is 428 g/mol. The number of piperidine rings is 1. The van der Waals surface area contributed by atoms with Crippen molar-refractivity contribution in [2.75, 3.05) is 27.8 Å². The van der Waals surface area contributed by atoms with E-state index >= 15 is 0 Å². The minimum absolute atomic E-state index is 0.228. The Balaban J connectivity index is -0.000000400. The Morgan fingerprint density at radius 1 is 1.10 bits per heavy atom. The summed E-state index contributed by atoms with van der Waals surface area (Å²) in [5, 5.41) is 8.67. The lowest BCUT2D eigenvalue weighted by Gasteiger charge is -2.28. The van der Waals surface area contributed by atoms with Crippen molar-refractivity contribution in [2.24, 2.45) is 0 Å². The number of methoxy groups -OCH3 is 2. The van der Waals surface area contributed by atoms with Crippen LogP contribution in [0.1, 0.15) is 71.9 Å². The number of aldehydes is 1. The van der Waals surface area contributed by atoms with Crippen LogP contribution in [0, 0.1) is 6.92 Å². The second-order valence-electron chi connectivity index (χ2n) is 5.85. The maximum Gasteiger partial charge on any atom is 0.320 e. The van der Waals surface area contributed by atoms with Gasteiger partial charge >= 0.3 is 5.97 Å². The Morgan fingerprint density at radius 2 is 1.67 bits per heavy atom. The van der Waals surface area contributed by atoms with E-state index in [1.165, 1.54) is 0 Å². The van der Waals surface area contributed by atoms with Crippen molar-refractivity contribution in [1.29, 1.82) is 0 Å². The zero-order valence-electron chi connectivity index (χ0n) is 20.9. The second kappa shape index (κ2) is 21.6. The lowest BCUT2D eigenvalue weighted by Crippen LogP contribution is -2.41. The van der Waals surface area contributed by atoms with Crippen LogP contribution in [0.2, 0.25) is 0 Å². The molecule has 0 amide bonds. The maximum atomic E-state index is 10.5. The van der Waals surface area contributed by atoms with Gasteiger partial charge in [0.1, 0.15) is 12.3 Å². The van der Waals surface area contributed by atoms with Crippen molar-refractivity contribution in [2.45, 2.75) is 80.2 Å². The fourth-order valence-corrected chi connectivity index (χ4v) is 2.83. The molecule has 1 saturated heterocycles. The van der Waals surface area contributed by atoms with Crippen molar-refractivity contribution in [3.8, 4) is 11.5 Å². The number of nitrogens with zero attached hydrogens (tertiary/aromatic N) is 1. The molecule has 0 aromatic heterocycles. The third kappa shape index (κ3) is 12.5. The van der Waals surface area contributed by atoms with Crippen LogP contribution < -0.4 is 9.47 Å². The van der Waals surface area contributed by atoms with E-state index in [2.05, 4.69) is 0 Å². The van der Waals surface area contributed by atoms with Crippen LogP contribution in [0.15, 0.2) is 12.1 Å². The van der Waals surface area contributed by atoms with Gasteiger partial charge in [-0.2, -0.15) is 0 Å². The zero-order valence-corrected chi connectivity index (χ0v) is 20.9. The monoisotopic (exact) mass is 427 g/mol. The van der Waals surface area contributed by atoms with Gasteiger partial charge in [0.2, 0.25) is 0 Å². The summed E-state index contributed by atoms with van der Waals surface area (Å²) in [5.41, 5.74) is 1.92. The number of ether oxygens (including phenoxy) is 2. The number of aryl methyl sites for hydroxylation is 1. The van der Waals surface area contributed by atoms with Crippen LogP contribution in [0.4, 0.5) is 0 Å². The number of carboxylic acids is 1. The first-order chi connectivity index (χ1) is 14.4. The molecule has 1 aliphatic heterocycles. The summed E-state index contributed by atoms with van der Waals surface area (Å²) in [6.07, 6.45) is 4.29. The largest absolute Gasteiger partial charge is 0.493 e. The van der Waals surface area contributed by atoms with Gasteiger partial charge < -0.3 is 19.4 Å². The number of carbonyl (C=O) groups excluding carboxylic acids is 1. The minimum atomic E-state index is -0.679. The molecule has 6 heteroatoms. The number of rotatable bonds is 5. The van der Waals surface area contributed by atoms with E-state index in [1.807, 2.05) is 72.5 Å². The molecule has 1 aliphatic rings. The molecule has 0 radical (unpaired) electrons. The molecule has 176 valence electrons. The minimum Gasteiger partial charge on any atom is -0.493 e. The summed E-state index contributed by atoms with van der Waals surface area (Å²) < 4.78 is 10.3. The molecule has 1 N–H and O–H groups in total. The van der Waals surface area contributed by atoms with Gasteiger partial charge in [-0.3, -0.25) is 9.69 Å². The molecule has 1 atom stereocenters. The van der Waals surface area contributed by atoms with Gasteiger partial charge in [0, 0.05) is 6.42 Å². The lowest BCUT2D eigenvalue weighted by molar-refractivity contribution is -0.143. The number of carboxylic acid groups (broad SMARTS) is 1. The summed E-state index contributed by atoms with van der Waals surface area (Å²) >= 11 is 0. The van der Waals surface area contributed by atoms with Gasteiger partial charge in [0.15, 0.2) is 11.5 Å². The molecule has 2 rings (SSSR count). The Hall–Kier alpha value is -2.08. The third-order valence-electron chi connectivity index (χ3n) is 4.10. The van der Waals surface area contributed by atoms with E-state index in [0.717, 1.165) is 49.0 Å². The number of carbonyl (C=O) groups is 2. The Morgan fingerprint density at radius 3 is 2.03 bits per heavy atom. The molecule has 0 saturated carbocycles. The van der Waals surface area contributed by atoms with Gasteiger partial charge in [0.25, 0.3) is 0 Å². The summed E-state index contributed by atoms with van der Waals surface area (Å²) in [7, 11) is 5.06. The number of aliphatic carboxylic acids is 1. The van der Waals surface area contributed by atoms with E-state index in [0.29, 0.717) is 12.2 Å². The molecule has 1 aromatic carbocycles. The zero-order chi connectivity index (χ0) is 24.1. The van der Waals surface area contributed by atoms with Crippen molar-refractivity contribution in [1.82, 2.24) is 4.90 Å². The second-order valence-corrected chi connectivity index (χ2v) is 5.85. The van der Waals surface area contributed by atoms with E-state index in [9.17, 15) is 9.59 Å². The summed E-state index contributed by atoms with van der Waals surface area (Å²) in [4.78, 5) is 22.8. The highest BCUT2D eigenvalue weighted by molar-refractivity contribution is 5.73. The van der Waals surface area contributed by atoms with E-state index in [-0.39, 0.29) is 6.04 Å². The summed E-state index contributed by atoms with van der Waals surface area (Å²) in [5.74, 6) is 0.716. The van der Waals surface area contributed by atoms with E-state index in [1.54, 1.807) is 14.2 Å². The first-order valence-corrected chi connectivity index (χ1v) is 11.0.